The summed E-state index contributed by atoms with van der Waals surface area (Å²) in [5.74, 6) is 0.0623. The molecule has 3 aromatic rings. The molecule has 0 unspecified atom stereocenters. The summed E-state index contributed by atoms with van der Waals surface area (Å²) in [5.41, 5.74) is 1.96. The van der Waals surface area contributed by atoms with E-state index in [0.717, 1.165) is 36.8 Å². The van der Waals surface area contributed by atoms with E-state index < -0.39 is 11.9 Å². The van der Waals surface area contributed by atoms with Crippen LogP contribution < -0.4 is 4.74 Å². The number of hydrogen-bond donors (Lipinski definition) is 0. The van der Waals surface area contributed by atoms with Crippen LogP contribution in [0.25, 0.3) is 22.0 Å². The van der Waals surface area contributed by atoms with E-state index >= 15 is 0 Å². The molecule has 4 nitrogen and oxygen atoms in total. The molecule has 2 atom stereocenters. The Morgan fingerprint density at radius 1 is 1.19 bits per heavy atom. The molecule has 1 saturated heterocycles. The van der Waals surface area contributed by atoms with Gasteiger partial charge in [-0.05, 0) is 69.0 Å². The molecule has 7 heteroatoms. The number of ether oxygens (including phenoxy) is 1. The topological polar surface area (TPSA) is 42.4 Å². The Hall–Kier alpha value is -2.37. The molecule has 4 rings (SSSR count). The van der Waals surface area contributed by atoms with E-state index in [4.69, 9.17) is 27.9 Å². The van der Waals surface area contributed by atoms with Crippen molar-refractivity contribution in [1.82, 2.24) is 9.88 Å². The molecule has 1 amide bonds. The van der Waals surface area contributed by atoms with Crippen molar-refractivity contribution in [2.24, 2.45) is 0 Å². The van der Waals surface area contributed by atoms with Crippen LogP contribution in [0.4, 0.5) is 4.39 Å². The number of aromatic nitrogens is 1. The zero-order valence-corrected chi connectivity index (χ0v) is 18.9. The van der Waals surface area contributed by atoms with Crippen molar-refractivity contribution >= 4 is 40.0 Å². The van der Waals surface area contributed by atoms with Crippen LogP contribution in [0.15, 0.2) is 42.6 Å². The van der Waals surface area contributed by atoms with Crippen LogP contribution >= 0.6 is 23.2 Å². The standard InChI is InChI=1S/C24H23Cl2FN2O2/c1-14-5-3-4-10-29(14)24(30)15(2)31-17-6-7-18-19(8-9-28-22(18)13-17)23-20(25)11-16(27)12-21(23)26/h6-9,11-15H,3-5,10H2,1-2H3/t14-,15+/m0/s1. The molecule has 2 heterocycles. The summed E-state index contributed by atoms with van der Waals surface area (Å²) in [6.45, 7) is 4.63. The molecule has 0 radical (unpaired) electrons. The number of amides is 1. The molecule has 1 aliphatic rings. The molecule has 0 bridgehead atoms. The molecular weight excluding hydrogens is 438 g/mol. The predicted molar refractivity (Wildman–Crippen MR) is 122 cm³/mol. The Balaban J connectivity index is 1.62. The molecule has 0 saturated carbocycles. The van der Waals surface area contributed by atoms with Gasteiger partial charge in [-0.3, -0.25) is 9.78 Å². The highest BCUT2D eigenvalue weighted by atomic mass is 35.5. The number of halogens is 3. The number of piperidine rings is 1. The van der Waals surface area contributed by atoms with Gasteiger partial charge in [0.1, 0.15) is 11.6 Å². The quantitative estimate of drug-likeness (QED) is 0.445. The Labute approximate surface area is 190 Å². The molecule has 162 valence electrons. The van der Waals surface area contributed by atoms with Crippen molar-refractivity contribution in [3.8, 4) is 16.9 Å². The third kappa shape index (κ3) is 4.48. The first-order chi connectivity index (χ1) is 14.8. The van der Waals surface area contributed by atoms with Gasteiger partial charge < -0.3 is 9.64 Å². The van der Waals surface area contributed by atoms with Gasteiger partial charge >= 0.3 is 0 Å². The summed E-state index contributed by atoms with van der Waals surface area (Å²) in [5, 5.41) is 1.26. The summed E-state index contributed by atoms with van der Waals surface area (Å²) in [7, 11) is 0. The first kappa shape index (κ1) is 21.8. The fourth-order valence-corrected chi connectivity index (χ4v) is 4.80. The predicted octanol–water partition coefficient (Wildman–Crippen LogP) is 6.52. The van der Waals surface area contributed by atoms with Gasteiger partial charge in [0.15, 0.2) is 6.10 Å². The number of rotatable bonds is 4. The highest BCUT2D eigenvalue weighted by Crippen LogP contribution is 2.39. The number of nitrogens with zero attached hydrogens (tertiary/aromatic N) is 2. The van der Waals surface area contributed by atoms with Crippen LogP contribution in [0.5, 0.6) is 5.75 Å². The molecule has 0 aliphatic carbocycles. The van der Waals surface area contributed by atoms with Crippen LogP contribution in [0.2, 0.25) is 10.0 Å². The lowest BCUT2D eigenvalue weighted by Crippen LogP contribution is -2.47. The Morgan fingerprint density at radius 2 is 1.94 bits per heavy atom. The maximum atomic E-state index is 13.6. The van der Waals surface area contributed by atoms with E-state index in [1.165, 1.54) is 12.1 Å². The minimum Gasteiger partial charge on any atom is -0.481 e. The monoisotopic (exact) mass is 460 g/mol. The number of pyridine rings is 1. The van der Waals surface area contributed by atoms with Gasteiger partial charge in [0.2, 0.25) is 0 Å². The van der Waals surface area contributed by atoms with Gasteiger partial charge in [0, 0.05) is 35.8 Å². The largest absolute Gasteiger partial charge is 0.481 e. The van der Waals surface area contributed by atoms with Gasteiger partial charge in [-0.2, -0.15) is 0 Å². The molecule has 1 aromatic heterocycles. The van der Waals surface area contributed by atoms with Gasteiger partial charge in [-0.15, -0.1) is 0 Å². The molecule has 0 N–H and O–H groups in total. The number of carbonyl (C=O) groups excluding carboxylic acids is 1. The van der Waals surface area contributed by atoms with Crippen molar-refractivity contribution in [3.63, 3.8) is 0 Å². The van der Waals surface area contributed by atoms with Crippen molar-refractivity contribution in [2.75, 3.05) is 6.54 Å². The fourth-order valence-electron chi connectivity index (χ4n) is 4.13. The lowest BCUT2D eigenvalue weighted by atomic mass is 10.0. The van der Waals surface area contributed by atoms with Crippen LogP contribution in [0.3, 0.4) is 0 Å². The Kier molecular flexibility index (Phi) is 6.35. The number of fused-ring (bicyclic) bond motifs is 1. The fraction of sp³-hybridized carbons (Fsp3) is 0.333. The highest BCUT2D eigenvalue weighted by molar-refractivity contribution is 6.39. The van der Waals surface area contributed by atoms with E-state index in [2.05, 4.69) is 11.9 Å². The molecule has 2 aromatic carbocycles. The second-order valence-corrected chi connectivity index (χ2v) is 8.73. The number of likely N-dealkylation sites (tertiary alicyclic amines) is 1. The second-order valence-electron chi connectivity index (χ2n) is 7.92. The zero-order valence-electron chi connectivity index (χ0n) is 17.4. The van der Waals surface area contributed by atoms with Gasteiger partial charge in [-0.25, -0.2) is 4.39 Å². The van der Waals surface area contributed by atoms with Crippen molar-refractivity contribution in [1.29, 1.82) is 0 Å². The average molecular weight is 461 g/mol. The number of hydrogen-bond acceptors (Lipinski definition) is 3. The summed E-state index contributed by atoms with van der Waals surface area (Å²) >= 11 is 12.6. The maximum Gasteiger partial charge on any atom is 0.263 e. The minimum atomic E-state index is -0.595. The van der Waals surface area contributed by atoms with E-state index in [1.54, 1.807) is 31.3 Å². The SMILES string of the molecule is C[C@@H](Oc1ccc2c(-c3c(Cl)cc(F)cc3Cl)ccnc2c1)C(=O)N1CCCC[C@@H]1C. The van der Waals surface area contributed by atoms with Crippen molar-refractivity contribution < 1.29 is 13.9 Å². The molecular formula is C24H23Cl2FN2O2. The van der Waals surface area contributed by atoms with E-state index in [-0.39, 0.29) is 22.0 Å². The van der Waals surface area contributed by atoms with E-state index in [1.807, 2.05) is 11.0 Å². The van der Waals surface area contributed by atoms with E-state index in [9.17, 15) is 9.18 Å². The normalized spacial score (nSPS) is 17.6. The summed E-state index contributed by atoms with van der Waals surface area (Å²) in [6, 6.07) is 9.93. The third-order valence-electron chi connectivity index (χ3n) is 5.74. The second kappa shape index (κ2) is 9.01. The Bertz CT molecular complexity index is 1110. The molecule has 1 aliphatic heterocycles. The van der Waals surface area contributed by atoms with Crippen LogP contribution in [0.1, 0.15) is 33.1 Å². The lowest BCUT2D eigenvalue weighted by molar-refractivity contribution is -0.141. The molecule has 31 heavy (non-hydrogen) atoms. The maximum absolute atomic E-state index is 13.6. The zero-order chi connectivity index (χ0) is 22.1. The molecule has 0 spiro atoms. The summed E-state index contributed by atoms with van der Waals surface area (Å²) in [6.07, 6.45) is 4.25. The van der Waals surface area contributed by atoms with Gasteiger partial charge in [-0.1, -0.05) is 23.2 Å². The van der Waals surface area contributed by atoms with Gasteiger partial charge in [0.25, 0.3) is 5.91 Å². The minimum absolute atomic E-state index is 0.00103. The van der Waals surface area contributed by atoms with Crippen LogP contribution in [-0.2, 0) is 4.79 Å². The summed E-state index contributed by atoms with van der Waals surface area (Å²) in [4.78, 5) is 19.2. The highest BCUT2D eigenvalue weighted by Gasteiger charge is 2.28. The number of carbonyl (C=O) groups is 1. The lowest BCUT2D eigenvalue weighted by Gasteiger charge is -2.35. The first-order valence-electron chi connectivity index (χ1n) is 10.4. The third-order valence-corrected chi connectivity index (χ3v) is 6.33. The van der Waals surface area contributed by atoms with Crippen LogP contribution in [0, 0.1) is 5.82 Å². The Morgan fingerprint density at radius 3 is 2.65 bits per heavy atom. The van der Waals surface area contributed by atoms with Crippen molar-refractivity contribution in [3.05, 3.63) is 58.5 Å². The molecule has 1 fully saturated rings. The van der Waals surface area contributed by atoms with Crippen LogP contribution in [-0.4, -0.2) is 34.5 Å². The number of benzene rings is 2. The first-order valence-corrected chi connectivity index (χ1v) is 11.1. The smallest absolute Gasteiger partial charge is 0.263 e. The van der Waals surface area contributed by atoms with Gasteiger partial charge in [0.05, 0.1) is 15.6 Å². The van der Waals surface area contributed by atoms with E-state index in [0.29, 0.717) is 16.8 Å². The van der Waals surface area contributed by atoms with Crippen molar-refractivity contribution in [2.45, 2.75) is 45.3 Å². The summed E-state index contributed by atoms with van der Waals surface area (Å²) < 4.78 is 19.6. The average Bonchev–Trinajstić information content (AvgIpc) is 2.73.